The van der Waals surface area contributed by atoms with Crippen molar-refractivity contribution < 1.29 is 0 Å². The molecule has 4 aromatic rings. The van der Waals surface area contributed by atoms with Crippen molar-refractivity contribution in [2.45, 2.75) is 0 Å². The SMILES string of the molecule is C1=C=C=c2ccncc2=C=C=c2cnccc2=C=C=C=C=c2ccncc2=C=C=c2cnccc2=C=1. The topological polar surface area (TPSA) is 51.6 Å². The molecule has 0 radical (unpaired) electrons. The normalized spacial score (nSPS) is 10.2. The van der Waals surface area contributed by atoms with Crippen LogP contribution in [-0.2, 0) is 0 Å². The summed E-state index contributed by atoms with van der Waals surface area (Å²) >= 11 is 0. The molecule has 4 aromatic heterocycles. The number of hydrogen-bond donors (Lipinski definition) is 0. The van der Waals surface area contributed by atoms with Crippen LogP contribution in [0, 0.1) is 0 Å². The van der Waals surface area contributed by atoms with E-state index in [2.05, 4.69) is 88.7 Å². The fourth-order valence-electron chi connectivity index (χ4n) is 3.08. The molecule has 0 atom stereocenters. The van der Waals surface area contributed by atoms with Gasteiger partial charge >= 0.3 is 0 Å². The first-order valence-electron chi connectivity index (χ1n) is 10.7. The fourth-order valence-corrected chi connectivity index (χ4v) is 3.08. The maximum absolute atomic E-state index is 4.18. The summed E-state index contributed by atoms with van der Waals surface area (Å²) in [6.07, 6.45) is 13.4. The summed E-state index contributed by atoms with van der Waals surface area (Å²) in [4.78, 5) is 16.7. The van der Waals surface area contributed by atoms with Crippen molar-refractivity contribution in [1.82, 2.24) is 19.9 Å². The summed E-state index contributed by atoms with van der Waals surface area (Å²) in [5.41, 5.74) is 36.4. The Hall–Kier alpha value is -6.04. The van der Waals surface area contributed by atoms with Crippen LogP contribution in [0.1, 0.15) is 0 Å². The summed E-state index contributed by atoms with van der Waals surface area (Å²) in [7, 11) is 0. The van der Waals surface area contributed by atoms with Crippen LogP contribution in [0.15, 0.2) is 96.8 Å². The first kappa shape index (κ1) is 21.8. The number of pyridine rings is 4. The predicted molar refractivity (Wildman–Crippen MR) is 135 cm³/mol. The van der Waals surface area contributed by atoms with Crippen molar-refractivity contribution in [3.8, 4) is 0 Å². The van der Waals surface area contributed by atoms with Gasteiger partial charge in [0.05, 0.1) is 20.9 Å². The van der Waals surface area contributed by atoms with Crippen molar-refractivity contribution in [3.05, 3.63) is 139 Å². The smallest absolute Gasteiger partial charge is 0.0589 e. The number of fused-ring (bicyclic) bond motifs is 4. The van der Waals surface area contributed by atoms with Gasteiger partial charge in [0.15, 0.2) is 0 Å². The van der Waals surface area contributed by atoms with Gasteiger partial charge in [-0.1, -0.05) is 45.8 Å². The Kier molecular flexibility index (Phi) is 6.49. The van der Waals surface area contributed by atoms with Crippen molar-refractivity contribution in [2.24, 2.45) is 0 Å². The molecule has 0 aliphatic heterocycles. The molecule has 4 heterocycles. The lowest BCUT2D eigenvalue weighted by molar-refractivity contribution is 1.27. The van der Waals surface area contributed by atoms with E-state index in [9.17, 15) is 0 Å². The Morgan fingerprint density at radius 2 is 0.556 bits per heavy atom. The number of aromatic nitrogens is 4. The van der Waals surface area contributed by atoms with E-state index < -0.39 is 0 Å². The highest BCUT2D eigenvalue weighted by Gasteiger charge is 1.84. The third-order valence-corrected chi connectivity index (χ3v) is 4.86. The van der Waals surface area contributed by atoms with E-state index in [1.165, 1.54) is 0 Å². The lowest BCUT2D eigenvalue weighted by Crippen LogP contribution is -2.24. The van der Waals surface area contributed by atoms with Gasteiger partial charge in [-0.3, -0.25) is 19.9 Å². The molecule has 36 heavy (non-hydrogen) atoms. The summed E-state index contributed by atoms with van der Waals surface area (Å²) in [6, 6.07) is 7.22. The molecule has 4 nitrogen and oxygen atoms in total. The molecule has 0 bridgehead atoms. The Balaban J connectivity index is 2.18. The van der Waals surface area contributed by atoms with Gasteiger partial charge in [-0.05, 0) is 47.2 Å². The van der Waals surface area contributed by atoms with Crippen LogP contribution in [0.4, 0.5) is 0 Å². The Bertz CT molecular complexity index is 2060. The van der Waals surface area contributed by atoms with Gasteiger partial charge in [0.25, 0.3) is 0 Å². The predicted octanol–water partition coefficient (Wildman–Crippen LogP) is -1.74. The zero-order valence-corrected chi connectivity index (χ0v) is 18.7. The minimum Gasteiger partial charge on any atom is -0.263 e. The van der Waals surface area contributed by atoms with E-state index in [-0.39, 0.29) is 0 Å². The maximum atomic E-state index is 4.18. The number of rotatable bonds is 0. The fraction of sp³-hybridized carbons (Fsp3) is 0. The number of nitrogens with zero attached hydrogens (tertiary/aromatic N) is 4. The van der Waals surface area contributed by atoms with Crippen LogP contribution in [-0.4, -0.2) is 19.9 Å². The molecule has 0 amide bonds. The molecule has 0 aromatic carbocycles. The van der Waals surface area contributed by atoms with E-state index in [0.717, 1.165) is 20.9 Å². The van der Waals surface area contributed by atoms with E-state index >= 15 is 0 Å². The zero-order chi connectivity index (χ0) is 24.4. The van der Waals surface area contributed by atoms with Gasteiger partial charge in [0.2, 0.25) is 0 Å². The van der Waals surface area contributed by atoms with Gasteiger partial charge in [0.1, 0.15) is 0 Å². The second-order valence-electron chi connectivity index (χ2n) is 7.19. The first-order chi connectivity index (χ1) is 17.9. The molecule has 0 spiro atoms. The highest BCUT2D eigenvalue weighted by molar-refractivity contribution is 5.42. The molecule has 4 heteroatoms. The molecular weight excluding hydrogens is 440 g/mol. The zero-order valence-electron chi connectivity index (χ0n) is 18.7. The van der Waals surface area contributed by atoms with E-state index in [0.29, 0.717) is 20.9 Å². The summed E-state index contributed by atoms with van der Waals surface area (Å²) in [6.45, 7) is 0. The van der Waals surface area contributed by atoms with E-state index in [1.54, 1.807) is 73.8 Å². The van der Waals surface area contributed by atoms with Gasteiger partial charge in [-0.15, -0.1) is 0 Å². The maximum Gasteiger partial charge on any atom is 0.0589 e. The largest absolute Gasteiger partial charge is 0.263 e. The lowest BCUT2D eigenvalue weighted by Gasteiger charge is -1.82. The summed E-state index contributed by atoms with van der Waals surface area (Å²) in [5.74, 6) is 0. The minimum absolute atomic E-state index is 0.685. The van der Waals surface area contributed by atoms with Crippen LogP contribution >= 0.6 is 0 Å². The Morgan fingerprint density at radius 3 is 0.806 bits per heavy atom. The van der Waals surface area contributed by atoms with Crippen LogP contribution in [0.2, 0.25) is 0 Å². The van der Waals surface area contributed by atoms with Crippen molar-refractivity contribution in [2.75, 3.05) is 0 Å². The van der Waals surface area contributed by atoms with Crippen LogP contribution in [0.5, 0.6) is 0 Å². The van der Waals surface area contributed by atoms with Crippen LogP contribution in [0.3, 0.4) is 0 Å². The van der Waals surface area contributed by atoms with Gasteiger partial charge in [-0.2, -0.15) is 0 Å². The Labute approximate surface area is 204 Å². The second kappa shape index (κ2) is 10.7. The average molecular weight is 452 g/mol. The number of hydrogen-bond acceptors (Lipinski definition) is 4. The second-order valence-corrected chi connectivity index (χ2v) is 7.19. The minimum atomic E-state index is 0.685. The third kappa shape index (κ3) is 5.29. The summed E-state index contributed by atoms with van der Waals surface area (Å²) < 4.78 is 0. The highest BCUT2D eigenvalue weighted by Crippen LogP contribution is 1.67. The van der Waals surface area contributed by atoms with Gasteiger partial charge in [-0.25, -0.2) is 0 Å². The van der Waals surface area contributed by atoms with Gasteiger partial charge in [0, 0.05) is 70.4 Å². The van der Waals surface area contributed by atoms with E-state index in [4.69, 9.17) is 0 Å². The lowest BCUT2D eigenvalue weighted by atomic mass is 10.3. The average Bonchev–Trinajstić information content (AvgIpc) is 2.93. The van der Waals surface area contributed by atoms with Crippen molar-refractivity contribution in [1.29, 1.82) is 0 Å². The van der Waals surface area contributed by atoms with Crippen LogP contribution in [0.25, 0.3) is 45.8 Å². The molecule has 1 aliphatic rings. The van der Waals surface area contributed by atoms with Crippen LogP contribution < -0.4 is 41.7 Å². The molecule has 1 aliphatic carbocycles. The molecule has 0 unspecified atom stereocenters. The molecule has 5 rings (SSSR count). The van der Waals surface area contributed by atoms with Crippen molar-refractivity contribution in [3.63, 3.8) is 0 Å². The molecule has 0 saturated heterocycles. The molecule has 0 fully saturated rings. The molecule has 160 valence electrons. The molecular formula is C32H12N4. The molecule has 0 saturated carbocycles. The summed E-state index contributed by atoms with van der Waals surface area (Å²) in [5, 5.41) is 5.64. The third-order valence-electron chi connectivity index (χ3n) is 4.86. The molecule has 0 N–H and O–H groups in total. The monoisotopic (exact) mass is 452 g/mol. The first-order valence-corrected chi connectivity index (χ1v) is 10.7. The Morgan fingerprint density at radius 1 is 0.306 bits per heavy atom. The quantitative estimate of drug-likeness (QED) is 0.262. The van der Waals surface area contributed by atoms with Gasteiger partial charge < -0.3 is 0 Å². The highest BCUT2D eigenvalue weighted by atomic mass is 14.6. The van der Waals surface area contributed by atoms with Crippen molar-refractivity contribution >= 4 is 45.8 Å². The van der Waals surface area contributed by atoms with E-state index in [1.807, 2.05) is 0 Å². The standard InChI is InChI=1S/C32H12N4/c1-2-6-26-14-18-34-22-30(26)11-12-32-24-36-20-16-28(32)8-4-3-7-27-15-19-35-23-31(27)10-9-29-21-33-17-13-25(29)5-1/h13-24H.